The van der Waals surface area contributed by atoms with E-state index in [1.807, 2.05) is 4.90 Å². The molecule has 0 spiro atoms. The summed E-state index contributed by atoms with van der Waals surface area (Å²) in [5.41, 5.74) is 0. The smallest absolute Gasteiger partial charge is 0.410 e. The molecule has 8 heteroatoms. The van der Waals surface area contributed by atoms with E-state index in [2.05, 4.69) is 0 Å². The second kappa shape index (κ2) is 6.64. The number of hydrogen-bond donors (Lipinski definition) is 0. The number of methoxy groups -OCH3 is 1. The summed E-state index contributed by atoms with van der Waals surface area (Å²) in [6.45, 7) is 2.88. The quantitative estimate of drug-likeness (QED) is 0.745. The number of likely N-dealkylation sites (tertiary alicyclic amines) is 2. The largest absolute Gasteiger partial charge is 0.453 e. The zero-order valence-corrected chi connectivity index (χ0v) is 13.4. The maximum atomic E-state index is 12.7. The third kappa shape index (κ3) is 3.07. The van der Waals surface area contributed by atoms with Crippen LogP contribution in [0.15, 0.2) is 0 Å². The zero-order chi connectivity index (χ0) is 16.4. The Morgan fingerprint density at radius 3 is 2.48 bits per heavy atom. The summed E-state index contributed by atoms with van der Waals surface area (Å²) in [4.78, 5) is 41.1. The van der Waals surface area contributed by atoms with Crippen LogP contribution in [0.4, 0.5) is 9.59 Å². The van der Waals surface area contributed by atoms with Crippen molar-refractivity contribution in [1.82, 2.24) is 14.7 Å². The van der Waals surface area contributed by atoms with Crippen molar-refractivity contribution in [2.75, 3.05) is 39.9 Å². The molecule has 3 heterocycles. The van der Waals surface area contributed by atoms with Crippen LogP contribution < -0.4 is 0 Å². The molecule has 3 aliphatic rings. The lowest BCUT2D eigenvalue weighted by Gasteiger charge is -2.37. The van der Waals surface area contributed by atoms with E-state index in [1.54, 1.807) is 4.90 Å². The summed E-state index contributed by atoms with van der Waals surface area (Å²) in [7, 11) is 1.34. The fourth-order valence-corrected chi connectivity index (χ4v) is 3.71. The van der Waals surface area contributed by atoms with Gasteiger partial charge in [-0.15, -0.1) is 0 Å². The van der Waals surface area contributed by atoms with Crippen LogP contribution in [0.5, 0.6) is 0 Å². The fourth-order valence-electron chi connectivity index (χ4n) is 3.71. The predicted molar refractivity (Wildman–Crippen MR) is 79.8 cm³/mol. The summed E-state index contributed by atoms with van der Waals surface area (Å²) in [6.07, 6.45) is 2.34. The molecule has 3 saturated heterocycles. The summed E-state index contributed by atoms with van der Waals surface area (Å²) >= 11 is 0. The molecule has 0 bridgehead atoms. The highest BCUT2D eigenvalue weighted by Crippen LogP contribution is 2.24. The van der Waals surface area contributed by atoms with Gasteiger partial charge in [-0.3, -0.25) is 9.69 Å². The number of hydrogen-bond acceptors (Lipinski definition) is 5. The Balaban J connectivity index is 1.55. The van der Waals surface area contributed by atoms with Crippen LogP contribution >= 0.6 is 0 Å². The number of ether oxygens (including phenoxy) is 2. The average Bonchev–Trinajstić information content (AvgIpc) is 3.22. The van der Waals surface area contributed by atoms with Crippen LogP contribution in [0.1, 0.15) is 25.7 Å². The second-order valence-corrected chi connectivity index (χ2v) is 6.19. The first kappa shape index (κ1) is 15.9. The molecule has 0 aromatic carbocycles. The van der Waals surface area contributed by atoms with Crippen molar-refractivity contribution in [3.63, 3.8) is 0 Å². The van der Waals surface area contributed by atoms with Crippen LogP contribution in [0.25, 0.3) is 0 Å². The van der Waals surface area contributed by atoms with Crippen LogP contribution in [-0.4, -0.2) is 84.8 Å². The lowest BCUT2D eigenvalue weighted by Crippen LogP contribution is -2.52. The lowest BCUT2D eigenvalue weighted by molar-refractivity contribution is -0.136. The van der Waals surface area contributed by atoms with Crippen LogP contribution in [0.3, 0.4) is 0 Å². The number of cyclic esters (lactones) is 1. The van der Waals surface area contributed by atoms with E-state index in [0.29, 0.717) is 39.2 Å². The average molecular weight is 325 g/mol. The number of rotatable bonds is 2. The highest BCUT2D eigenvalue weighted by atomic mass is 16.6. The van der Waals surface area contributed by atoms with E-state index in [4.69, 9.17) is 9.47 Å². The van der Waals surface area contributed by atoms with E-state index >= 15 is 0 Å². The van der Waals surface area contributed by atoms with Crippen molar-refractivity contribution in [2.24, 2.45) is 0 Å². The molecule has 0 aliphatic carbocycles. The van der Waals surface area contributed by atoms with E-state index in [0.717, 1.165) is 19.3 Å². The van der Waals surface area contributed by atoms with E-state index in [-0.39, 0.29) is 18.0 Å². The number of carbonyl (C=O) groups is 3. The van der Waals surface area contributed by atoms with Gasteiger partial charge in [0.2, 0.25) is 5.91 Å². The van der Waals surface area contributed by atoms with Gasteiger partial charge in [-0.1, -0.05) is 0 Å². The van der Waals surface area contributed by atoms with Gasteiger partial charge in [0, 0.05) is 25.7 Å². The minimum Gasteiger partial charge on any atom is -0.453 e. The molecule has 8 nitrogen and oxygen atoms in total. The van der Waals surface area contributed by atoms with E-state index < -0.39 is 12.1 Å². The molecule has 0 aromatic heterocycles. The molecule has 1 atom stereocenters. The van der Waals surface area contributed by atoms with E-state index in [9.17, 15) is 14.4 Å². The summed E-state index contributed by atoms with van der Waals surface area (Å²) in [5.74, 6) is -0.00431. The highest BCUT2D eigenvalue weighted by molar-refractivity contribution is 5.86. The minimum atomic E-state index is -0.435. The molecule has 0 radical (unpaired) electrons. The number of carbonyl (C=O) groups excluding carboxylic acids is 3. The molecule has 0 aromatic rings. The van der Waals surface area contributed by atoms with Crippen molar-refractivity contribution >= 4 is 18.1 Å². The molecule has 3 fully saturated rings. The Morgan fingerprint density at radius 2 is 1.87 bits per heavy atom. The van der Waals surface area contributed by atoms with Gasteiger partial charge in [-0.25, -0.2) is 9.59 Å². The predicted octanol–water partition coefficient (Wildman–Crippen LogP) is 0.660. The number of nitrogens with zero attached hydrogens (tertiary/aromatic N) is 3. The molecule has 0 N–H and O–H groups in total. The maximum absolute atomic E-state index is 12.7. The highest BCUT2D eigenvalue weighted by Gasteiger charge is 2.39. The van der Waals surface area contributed by atoms with Gasteiger partial charge in [0.15, 0.2) is 0 Å². The van der Waals surface area contributed by atoms with Crippen LogP contribution in [0.2, 0.25) is 0 Å². The molecule has 128 valence electrons. The molecular formula is C15H23N3O5. The maximum Gasteiger partial charge on any atom is 0.410 e. The van der Waals surface area contributed by atoms with Crippen molar-refractivity contribution in [2.45, 2.75) is 37.8 Å². The van der Waals surface area contributed by atoms with Crippen molar-refractivity contribution in [3.05, 3.63) is 0 Å². The normalized spacial score (nSPS) is 25.7. The molecular weight excluding hydrogens is 302 g/mol. The zero-order valence-electron chi connectivity index (χ0n) is 13.4. The van der Waals surface area contributed by atoms with Gasteiger partial charge >= 0.3 is 12.2 Å². The van der Waals surface area contributed by atoms with Gasteiger partial charge in [0.05, 0.1) is 13.7 Å². The molecule has 0 unspecified atom stereocenters. The summed E-state index contributed by atoms with van der Waals surface area (Å²) in [5, 5.41) is 0. The molecule has 3 rings (SSSR count). The monoisotopic (exact) mass is 325 g/mol. The Kier molecular flexibility index (Phi) is 4.58. The topological polar surface area (TPSA) is 79.4 Å². The van der Waals surface area contributed by atoms with Crippen LogP contribution in [0, 0.1) is 0 Å². The minimum absolute atomic E-state index is 0.00431. The van der Waals surface area contributed by atoms with Crippen molar-refractivity contribution < 1.29 is 23.9 Å². The summed E-state index contributed by atoms with van der Waals surface area (Å²) in [6, 6.07) is -0.259. The van der Waals surface area contributed by atoms with Gasteiger partial charge in [0.1, 0.15) is 12.6 Å². The van der Waals surface area contributed by atoms with Crippen molar-refractivity contribution in [3.8, 4) is 0 Å². The fraction of sp³-hybridized carbons (Fsp3) is 0.800. The SMILES string of the molecule is COC(=O)N1CCC[C@@H]1C(=O)N1CCC(N2CCOC2=O)CC1. The molecule has 0 saturated carbocycles. The Labute approximate surface area is 135 Å². The second-order valence-electron chi connectivity index (χ2n) is 6.19. The van der Waals surface area contributed by atoms with Gasteiger partial charge in [0.25, 0.3) is 0 Å². The third-order valence-corrected chi connectivity index (χ3v) is 4.96. The van der Waals surface area contributed by atoms with Crippen molar-refractivity contribution in [1.29, 1.82) is 0 Å². The first-order valence-corrected chi connectivity index (χ1v) is 8.18. The van der Waals surface area contributed by atoms with Crippen LogP contribution in [-0.2, 0) is 14.3 Å². The lowest BCUT2D eigenvalue weighted by atomic mass is 10.0. The Hall–Kier alpha value is -1.99. The Bertz CT molecular complexity index is 490. The third-order valence-electron chi connectivity index (χ3n) is 4.96. The molecule has 3 aliphatic heterocycles. The summed E-state index contributed by atoms with van der Waals surface area (Å²) < 4.78 is 9.73. The first-order valence-electron chi connectivity index (χ1n) is 8.18. The standard InChI is InChI=1S/C15H23N3O5/c1-22-14(20)18-6-2-3-12(18)13(19)16-7-4-11(5-8-16)17-9-10-23-15(17)21/h11-12H,2-10H2,1H3/t12-/m1/s1. The van der Waals surface area contributed by atoms with E-state index in [1.165, 1.54) is 12.0 Å². The van der Waals surface area contributed by atoms with Gasteiger partial charge in [-0.05, 0) is 25.7 Å². The Morgan fingerprint density at radius 1 is 1.13 bits per heavy atom. The number of amides is 3. The first-order chi connectivity index (χ1) is 11.1. The van der Waals surface area contributed by atoms with Gasteiger partial charge < -0.3 is 19.3 Å². The molecule has 23 heavy (non-hydrogen) atoms. The van der Waals surface area contributed by atoms with Gasteiger partial charge in [-0.2, -0.15) is 0 Å². The number of piperidine rings is 1. The molecule has 3 amide bonds.